The second kappa shape index (κ2) is 9.56. The molecule has 3 N–H and O–H groups in total. The quantitative estimate of drug-likeness (QED) is 0.792. The molecule has 1 heterocycles. The Labute approximate surface area is 172 Å². The highest BCUT2D eigenvalue weighted by atomic mass is 35.5. The summed E-state index contributed by atoms with van der Waals surface area (Å²) in [4.78, 5) is 14.9. The minimum Gasteiger partial charge on any atom is -0.348 e. The largest absolute Gasteiger partial charge is 0.348 e. The van der Waals surface area contributed by atoms with Crippen LogP contribution in [-0.4, -0.2) is 36.0 Å². The third-order valence-electron chi connectivity index (χ3n) is 5.28. The smallest absolute Gasteiger partial charge is 0.237 e. The summed E-state index contributed by atoms with van der Waals surface area (Å²) < 4.78 is 0. The summed E-state index contributed by atoms with van der Waals surface area (Å²) in [5, 5.41) is 3.79. The third-order valence-corrected chi connectivity index (χ3v) is 5.53. The zero-order valence-corrected chi connectivity index (χ0v) is 17.2. The van der Waals surface area contributed by atoms with Crippen LogP contribution in [-0.2, 0) is 4.79 Å². The predicted molar refractivity (Wildman–Crippen MR) is 113 cm³/mol. The highest BCUT2D eigenvalue weighted by Gasteiger charge is 2.35. The lowest BCUT2D eigenvalue weighted by Gasteiger charge is -2.25. The van der Waals surface area contributed by atoms with Crippen LogP contribution in [0.1, 0.15) is 36.9 Å². The minimum absolute atomic E-state index is 0. The van der Waals surface area contributed by atoms with Crippen molar-refractivity contribution < 1.29 is 4.79 Å². The first-order valence-electron chi connectivity index (χ1n) is 9.06. The average molecular weight is 408 g/mol. The van der Waals surface area contributed by atoms with Crippen molar-refractivity contribution in [3.63, 3.8) is 0 Å². The Balaban J connectivity index is 0.00000261. The molecule has 1 saturated heterocycles. The Morgan fingerprint density at radius 3 is 2.37 bits per heavy atom. The fraction of sp³-hybridized carbons (Fsp3) is 0.381. The zero-order valence-electron chi connectivity index (χ0n) is 15.6. The van der Waals surface area contributed by atoms with Crippen LogP contribution >= 0.6 is 24.0 Å². The molecule has 0 bridgehead atoms. The Morgan fingerprint density at radius 1 is 1.11 bits per heavy atom. The molecule has 2 aromatic carbocycles. The number of hydrogen-bond donors (Lipinski definition) is 2. The Morgan fingerprint density at radius 2 is 1.74 bits per heavy atom. The molecule has 0 saturated carbocycles. The van der Waals surface area contributed by atoms with E-state index >= 15 is 0 Å². The molecule has 0 aromatic heterocycles. The molecule has 1 fully saturated rings. The standard InChI is InChI=1S/C21H26ClN3O.ClH/c1-14(16-8-10-18(22)11-9-16)24-21(26)15(2)25-12-19(20(23)13-25)17-6-4-3-5-7-17;/h3-11,14-15,19-20H,12-13,23H2,1-2H3,(H,24,26);1H/t14?,15?,19-,20+;/m0./s1. The number of carbonyl (C=O) groups is 1. The summed E-state index contributed by atoms with van der Waals surface area (Å²) in [6, 6.07) is 17.6. The number of benzene rings is 2. The van der Waals surface area contributed by atoms with Gasteiger partial charge in [-0.25, -0.2) is 0 Å². The Kier molecular flexibility index (Phi) is 7.68. The average Bonchev–Trinajstić information content (AvgIpc) is 3.04. The maximum absolute atomic E-state index is 12.7. The van der Waals surface area contributed by atoms with Gasteiger partial charge in [0.15, 0.2) is 0 Å². The van der Waals surface area contributed by atoms with E-state index in [-0.39, 0.29) is 42.4 Å². The van der Waals surface area contributed by atoms with Crippen molar-refractivity contribution in [2.75, 3.05) is 13.1 Å². The lowest BCUT2D eigenvalue weighted by molar-refractivity contribution is -0.126. The van der Waals surface area contributed by atoms with Gasteiger partial charge in [-0.15, -0.1) is 12.4 Å². The molecular formula is C21H27Cl2N3O. The molecular weight excluding hydrogens is 381 g/mol. The van der Waals surface area contributed by atoms with Gasteiger partial charge < -0.3 is 11.1 Å². The third kappa shape index (κ3) is 5.23. The van der Waals surface area contributed by atoms with E-state index in [2.05, 4.69) is 22.3 Å². The summed E-state index contributed by atoms with van der Waals surface area (Å²) in [5.74, 6) is 0.286. The van der Waals surface area contributed by atoms with Crippen LogP contribution in [0.2, 0.25) is 5.02 Å². The molecule has 2 aromatic rings. The number of hydrogen-bond acceptors (Lipinski definition) is 3. The number of likely N-dealkylation sites (tertiary alicyclic amines) is 1. The van der Waals surface area contributed by atoms with Gasteiger partial charge in [0.05, 0.1) is 12.1 Å². The summed E-state index contributed by atoms with van der Waals surface area (Å²) in [7, 11) is 0. The first kappa shape index (κ1) is 21.7. The summed E-state index contributed by atoms with van der Waals surface area (Å²) in [5.41, 5.74) is 8.64. The lowest BCUT2D eigenvalue weighted by Crippen LogP contribution is -2.45. The van der Waals surface area contributed by atoms with Gasteiger partial charge in [0.1, 0.15) is 0 Å². The van der Waals surface area contributed by atoms with Crippen LogP contribution in [0.25, 0.3) is 0 Å². The monoisotopic (exact) mass is 407 g/mol. The maximum Gasteiger partial charge on any atom is 0.237 e. The van der Waals surface area contributed by atoms with Crippen molar-refractivity contribution in [2.45, 2.75) is 37.9 Å². The highest BCUT2D eigenvalue weighted by molar-refractivity contribution is 6.30. The molecule has 1 aliphatic rings. The number of nitrogens with two attached hydrogens (primary N) is 1. The van der Waals surface area contributed by atoms with Gasteiger partial charge in [0.2, 0.25) is 5.91 Å². The summed E-state index contributed by atoms with van der Waals surface area (Å²) >= 11 is 5.93. The van der Waals surface area contributed by atoms with E-state index in [0.717, 1.165) is 18.7 Å². The number of nitrogens with zero attached hydrogens (tertiary/aromatic N) is 1. The second-order valence-corrected chi connectivity index (χ2v) is 7.53. The molecule has 1 amide bonds. The van der Waals surface area contributed by atoms with Gasteiger partial charge in [-0.3, -0.25) is 9.69 Å². The van der Waals surface area contributed by atoms with Gasteiger partial charge in [-0.1, -0.05) is 54.1 Å². The first-order valence-corrected chi connectivity index (χ1v) is 9.44. The van der Waals surface area contributed by atoms with E-state index in [4.69, 9.17) is 17.3 Å². The topological polar surface area (TPSA) is 58.4 Å². The van der Waals surface area contributed by atoms with Crippen molar-refractivity contribution in [3.8, 4) is 0 Å². The number of carbonyl (C=O) groups excluding carboxylic acids is 1. The van der Waals surface area contributed by atoms with Crippen molar-refractivity contribution in [1.82, 2.24) is 10.2 Å². The van der Waals surface area contributed by atoms with Gasteiger partial charge in [0.25, 0.3) is 0 Å². The summed E-state index contributed by atoms with van der Waals surface area (Å²) in [6.07, 6.45) is 0. The van der Waals surface area contributed by atoms with Crippen molar-refractivity contribution >= 4 is 29.9 Å². The molecule has 0 spiro atoms. The van der Waals surface area contributed by atoms with Gasteiger partial charge in [-0.05, 0) is 37.1 Å². The Bertz CT molecular complexity index is 739. The van der Waals surface area contributed by atoms with Crippen molar-refractivity contribution in [3.05, 3.63) is 70.7 Å². The van der Waals surface area contributed by atoms with Crippen LogP contribution in [0.3, 0.4) is 0 Å². The number of nitrogens with one attached hydrogen (secondary N) is 1. The minimum atomic E-state index is -0.218. The van der Waals surface area contributed by atoms with E-state index < -0.39 is 0 Å². The van der Waals surface area contributed by atoms with Gasteiger partial charge >= 0.3 is 0 Å². The van der Waals surface area contributed by atoms with E-state index in [1.807, 2.05) is 56.3 Å². The molecule has 146 valence electrons. The molecule has 0 aliphatic carbocycles. The summed E-state index contributed by atoms with van der Waals surface area (Å²) in [6.45, 7) is 5.46. The maximum atomic E-state index is 12.7. The SMILES string of the molecule is CC(NC(=O)C(C)N1C[C@@H](N)[C@H](c2ccccc2)C1)c1ccc(Cl)cc1.Cl. The number of amides is 1. The predicted octanol–water partition coefficient (Wildman–Crippen LogP) is 3.75. The number of rotatable bonds is 5. The fourth-order valence-electron chi connectivity index (χ4n) is 3.56. The lowest BCUT2D eigenvalue weighted by atomic mass is 9.95. The van der Waals surface area contributed by atoms with E-state index in [1.165, 1.54) is 5.56 Å². The fourth-order valence-corrected chi connectivity index (χ4v) is 3.69. The molecule has 3 rings (SSSR count). The van der Waals surface area contributed by atoms with Crippen molar-refractivity contribution in [1.29, 1.82) is 0 Å². The zero-order chi connectivity index (χ0) is 18.7. The van der Waals surface area contributed by atoms with Crippen LogP contribution in [0.5, 0.6) is 0 Å². The van der Waals surface area contributed by atoms with Crippen LogP contribution in [0.4, 0.5) is 0 Å². The van der Waals surface area contributed by atoms with Crippen LogP contribution in [0, 0.1) is 0 Å². The molecule has 4 nitrogen and oxygen atoms in total. The normalized spacial score (nSPS) is 21.9. The molecule has 27 heavy (non-hydrogen) atoms. The molecule has 0 radical (unpaired) electrons. The first-order chi connectivity index (χ1) is 12.5. The van der Waals surface area contributed by atoms with Crippen LogP contribution in [0.15, 0.2) is 54.6 Å². The Hall–Kier alpha value is -1.59. The highest BCUT2D eigenvalue weighted by Crippen LogP contribution is 2.28. The molecule has 2 unspecified atom stereocenters. The second-order valence-electron chi connectivity index (χ2n) is 7.09. The van der Waals surface area contributed by atoms with Crippen molar-refractivity contribution in [2.24, 2.45) is 5.73 Å². The number of halogens is 2. The van der Waals surface area contributed by atoms with Gasteiger partial charge in [0, 0.05) is 30.1 Å². The molecule has 6 heteroatoms. The van der Waals surface area contributed by atoms with Crippen LogP contribution < -0.4 is 11.1 Å². The van der Waals surface area contributed by atoms with Gasteiger partial charge in [-0.2, -0.15) is 0 Å². The molecule has 1 aliphatic heterocycles. The molecule has 4 atom stereocenters. The van der Waals surface area contributed by atoms with E-state index in [1.54, 1.807) is 0 Å². The van der Waals surface area contributed by atoms with E-state index in [0.29, 0.717) is 5.02 Å². The van der Waals surface area contributed by atoms with E-state index in [9.17, 15) is 4.79 Å².